The largest absolute Gasteiger partial charge is 0.371 e. The Kier molecular flexibility index (Phi) is 4.33. The van der Waals surface area contributed by atoms with Gasteiger partial charge in [-0.2, -0.15) is 0 Å². The Morgan fingerprint density at radius 2 is 2.04 bits per heavy atom. The molecule has 2 fully saturated rings. The molecule has 2 aliphatic rings. The zero-order valence-corrected chi connectivity index (χ0v) is 13.8. The third-order valence-electron chi connectivity index (χ3n) is 4.52. The van der Waals surface area contributed by atoms with Crippen molar-refractivity contribution >= 4 is 6.03 Å². The van der Waals surface area contributed by atoms with Gasteiger partial charge in [0.1, 0.15) is 18.2 Å². The number of ether oxygens (including phenoxy) is 2. The van der Waals surface area contributed by atoms with Gasteiger partial charge in [0.15, 0.2) is 5.82 Å². The average molecular weight is 344 g/mol. The standard InChI is InChI=1S/C16H20N6O3/c1-2-17-16(23)18-11-8-24-14-12(9-25-13(11)14)22-15(19-20-21-22)10-6-4-3-5-7-10/h3-7,11-14H,2,8-9H2,1H3,(H2,17,18,23)/t11-,12-,13+,14+/m0/s1. The summed E-state index contributed by atoms with van der Waals surface area (Å²) in [5.41, 5.74) is 0.936. The van der Waals surface area contributed by atoms with E-state index in [2.05, 4.69) is 26.2 Å². The van der Waals surface area contributed by atoms with Crippen molar-refractivity contribution in [3.8, 4) is 11.4 Å². The van der Waals surface area contributed by atoms with Crippen LogP contribution < -0.4 is 10.6 Å². The Morgan fingerprint density at radius 3 is 2.84 bits per heavy atom. The van der Waals surface area contributed by atoms with Gasteiger partial charge in [-0.25, -0.2) is 9.48 Å². The number of urea groups is 1. The fourth-order valence-corrected chi connectivity index (χ4v) is 3.39. The first-order chi connectivity index (χ1) is 12.3. The predicted molar refractivity (Wildman–Crippen MR) is 87.8 cm³/mol. The number of tetrazole rings is 1. The first kappa shape index (κ1) is 16.0. The number of hydrogen-bond acceptors (Lipinski definition) is 6. The van der Waals surface area contributed by atoms with E-state index in [1.807, 2.05) is 37.3 Å². The molecule has 1 aromatic carbocycles. The van der Waals surface area contributed by atoms with Crippen molar-refractivity contribution in [1.29, 1.82) is 0 Å². The maximum absolute atomic E-state index is 11.8. The van der Waals surface area contributed by atoms with E-state index in [1.54, 1.807) is 4.68 Å². The van der Waals surface area contributed by atoms with E-state index in [9.17, 15) is 4.79 Å². The Hall–Kier alpha value is -2.52. The highest BCUT2D eigenvalue weighted by Gasteiger charge is 2.50. The SMILES string of the molecule is CCNC(=O)N[C@H]1CO[C@H]2[C@@H]1OC[C@@H]2n1nnnc1-c1ccccc1. The zero-order chi connectivity index (χ0) is 17.2. The van der Waals surface area contributed by atoms with Crippen LogP contribution >= 0.6 is 0 Å². The van der Waals surface area contributed by atoms with Crippen LogP contribution in [-0.4, -0.2) is 64.2 Å². The lowest BCUT2D eigenvalue weighted by Gasteiger charge is -2.18. The van der Waals surface area contributed by atoms with Crippen LogP contribution in [0.2, 0.25) is 0 Å². The highest BCUT2D eigenvalue weighted by Crippen LogP contribution is 2.35. The molecule has 0 unspecified atom stereocenters. The number of aromatic nitrogens is 4. The molecule has 0 radical (unpaired) electrons. The summed E-state index contributed by atoms with van der Waals surface area (Å²) < 4.78 is 13.6. The molecule has 2 aliphatic heterocycles. The van der Waals surface area contributed by atoms with Crippen LogP contribution in [0, 0.1) is 0 Å². The third kappa shape index (κ3) is 2.96. The minimum absolute atomic E-state index is 0.128. The van der Waals surface area contributed by atoms with Gasteiger partial charge in [-0.15, -0.1) is 5.10 Å². The lowest BCUT2D eigenvalue weighted by atomic mass is 10.1. The van der Waals surface area contributed by atoms with Gasteiger partial charge < -0.3 is 20.1 Å². The maximum atomic E-state index is 11.8. The Bertz CT molecular complexity index is 736. The van der Waals surface area contributed by atoms with Gasteiger partial charge in [-0.3, -0.25) is 0 Å². The summed E-state index contributed by atoms with van der Waals surface area (Å²) in [5.74, 6) is 0.679. The second-order valence-electron chi connectivity index (χ2n) is 6.09. The maximum Gasteiger partial charge on any atom is 0.315 e. The van der Waals surface area contributed by atoms with Gasteiger partial charge in [-0.05, 0) is 17.4 Å². The minimum Gasteiger partial charge on any atom is -0.371 e. The van der Waals surface area contributed by atoms with Crippen molar-refractivity contribution in [1.82, 2.24) is 30.8 Å². The van der Waals surface area contributed by atoms with Gasteiger partial charge in [0.05, 0.1) is 19.3 Å². The normalized spacial score (nSPS) is 27.9. The average Bonchev–Trinajstić information content (AvgIpc) is 3.33. The molecule has 2 N–H and O–H groups in total. The van der Waals surface area contributed by atoms with E-state index in [-0.39, 0.29) is 30.3 Å². The van der Waals surface area contributed by atoms with Crippen LogP contribution in [0.4, 0.5) is 4.79 Å². The number of hydrogen-bond donors (Lipinski definition) is 2. The minimum atomic E-state index is -0.212. The summed E-state index contributed by atoms with van der Waals surface area (Å²) in [7, 11) is 0. The smallest absolute Gasteiger partial charge is 0.315 e. The molecule has 2 saturated heterocycles. The summed E-state index contributed by atoms with van der Waals surface area (Å²) in [6.07, 6.45) is -0.404. The van der Waals surface area contributed by atoms with Gasteiger partial charge >= 0.3 is 6.03 Å². The van der Waals surface area contributed by atoms with Crippen molar-refractivity contribution in [2.45, 2.75) is 31.2 Å². The van der Waals surface area contributed by atoms with Crippen LogP contribution in [0.5, 0.6) is 0 Å². The van der Waals surface area contributed by atoms with Gasteiger partial charge in [-0.1, -0.05) is 30.3 Å². The van der Waals surface area contributed by atoms with E-state index in [4.69, 9.17) is 9.47 Å². The predicted octanol–water partition coefficient (Wildman–Crippen LogP) is 0.367. The first-order valence-corrected chi connectivity index (χ1v) is 8.38. The summed E-state index contributed by atoms with van der Waals surface area (Å²) in [5, 5.41) is 17.7. The third-order valence-corrected chi connectivity index (χ3v) is 4.52. The molecule has 0 bridgehead atoms. The fourth-order valence-electron chi connectivity index (χ4n) is 3.39. The molecule has 25 heavy (non-hydrogen) atoms. The molecular formula is C16H20N6O3. The number of fused-ring (bicyclic) bond motifs is 1. The van der Waals surface area contributed by atoms with Crippen LogP contribution in [0.15, 0.2) is 30.3 Å². The van der Waals surface area contributed by atoms with Crippen molar-refractivity contribution in [3.05, 3.63) is 30.3 Å². The second kappa shape index (κ2) is 6.77. The second-order valence-corrected chi connectivity index (χ2v) is 6.09. The van der Waals surface area contributed by atoms with Crippen LogP contribution in [0.1, 0.15) is 13.0 Å². The molecule has 1 aromatic heterocycles. The van der Waals surface area contributed by atoms with Crippen molar-refractivity contribution in [2.24, 2.45) is 0 Å². The molecule has 9 heteroatoms. The lowest BCUT2D eigenvalue weighted by Crippen LogP contribution is -2.48. The molecule has 0 spiro atoms. The molecule has 2 amide bonds. The number of rotatable bonds is 4. The topological polar surface area (TPSA) is 103 Å². The molecule has 3 heterocycles. The number of carbonyl (C=O) groups excluding carboxylic acids is 1. The number of amides is 2. The lowest BCUT2D eigenvalue weighted by molar-refractivity contribution is 0.0624. The molecule has 2 aromatic rings. The zero-order valence-electron chi connectivity index (χ0n) is 13.8. The molecule has 0 saturated carbocycles. The summed E-state index contributed by atoms with van der Waals surface area (Å²) in [6.45, 7) is 3.29. The molecule has 132 valence electrons. The number of nitrogens with zero attached hydrogens (tertiary/aromatic N) is 4. The van der Waals surface area contributed by atoms with E-state index in [0.717, 1.165) is 5.56 Å². The molecule has 4 rings (SSSR count). The summed E-state index contributed by atoms with van der Waals surface area (Å²) in [6, 6.07) is 9.24. The number of carbonyl (C=O) groups is 1. The highest BCUT2D eigenvalue weighted by atomic mass is 16.6. The number of nitrogens with one attached hydrogen (secondary N) is 2. The molecule has 4 atom stereocenters. The summed E-state index contributed by atoms with van der Waals surface area (Å²) in [4.78, 5) is 11.8. The van der Waals surface area contributed by atoms with Crippen molar-refractivity contribution in [3.63, 3.8) is 0 Å². The first-order valence-electron chi connectivity index (χ1n) is 8.38. The van der Waals surface area contributed by atoms with Crippen molar-refractivity contribution in [2.75, 3.05) is 19.8 Å². The van der Waals surface area contributed by atoms with Gasteiger partial charge in [0.2, 0.25) is 0 Å². The Balaban J connectivity index is 1.52. The van der Waals surface area contributed by atoms with Crippen LogP contribution in [0.25, 0.3) is 11.4 Å². The quantitative estimate of drug-likeness (QED) is 0.830. The van der Waals surface area contributed by atoms with Gasteiger partial charge in [0, 0.05) is 12.1 Å². The molecule has 0 aliphatic carbocycles. The molecule has 9 nitrogen and oxygen atoms in total. The number of benzene rings is 1. The highest BCUT2D eigenvalue weighted by molar-refractivity contribution is 5.74. The molecular weight excluding hydrogens is 324 g/mol. The Morgan fingerprint density at radius 1 is 1.24 bits per heavy atom. The van der Waals surface area contributed by atoms with E-state index < -0.39 is 0 Å². The fraction of sp³-hybridized carbons (Fsp3) is 0.500. The van der Waals surface area contributed by atoms with E-state index >= 15 is 0 Å². The van der Waals surface area contributed by atoms with Crippen LogP contribution in [0.3, 0.4) is 0 Å². The van der Waals surface area contributed by atoms with Crippen LogP contribution in [-0.2, 0) is 9.47 Å². The Labute approximate surface area is 144 Å². The van der Waals surface area contributed by atoms with Crippen molar-refractivity contribution < 1.29 is 14.3 Å². The van der Waals surface area contributed by atoms with E-state index in [0.29, 0.717) is 25.6 Å². The van der Waals surface area contributed by atoms with Gasteiger partial charge in [0.25, 0.3) is 0 Å². The van der Waals surface area contributed by atoms with E-state index in [1.165, 1.54) is 0 Å². The summed E-state index contributed by atoms with van der Waals surface area (Å²) >= 11 is 0. The monoisotopic (exact) mass is 344 g/mol.